The van der Waals surface area contributed by atoms with Gasteiger partial charge in [-0.25, -0.2) is 0 Å². The van der Waals surface area contributed by atoms with Gasteiger partial charge in [0.25, 0.3) is 0 Å². The fraction of sp³-hybridized carbons (Fsp3) is 0.667. The summed E-state index contributed by atoms with van der Waals surface area (Å²) in [5, 5.41) is 3.78. The molecule has 0 bridgehead atoms. The fourth-order valence-electron chi connectivity index (χ4n) is 3.22. The first kappa shape index (κ1) is 15.4. The first-order valence-corrected chi connectivity index (χ1v) is 7.89. The Balaban J connectivity index is 2.04. The molecule has 0 spiro atoms. The number of hydrogen-bond acceptors (Lipinski definition) is 2. The van der Waals surface area contributed by atoms with Crippen molar-refractivity contribution in [1.82, 2.24) is 5.32 Å². The highest BCUT2D eigenvalue weighted by Crippen LogP contribution is 2.38. The van der Waals surface area contributed by atoms with E-state index < -0.39 is 0 Å². The lowest BCUT2D eigenvalue weighted by molar-refractivity contribution is 0.237. The van der Waals surface area contributed by atoms with E-state index in [2.05, 4.69) is 58.1 Å². The topological polar surface area (TPSA) is 21.3 Å². The van der Waals surface area contributed by atoms with E-state index in [-0.39, 0.29) is 6.10 Å². The van der Waals surface area contributed by atoms with Crippen LogP contribution in [0.2, 0.25) is 0 Å². The minimum absolute atomic E-state index is 0.216. The Morgan fingerprint density at radius 1 is 1.20 bits per heavy atom. The third-order valence-corrected chi connectivity index (χ3v) is 4.20. The van der Waals surface area contributed by atoms with E-state index in [1.165, 1.54) is 24.8 Å². The molecule has 1 aliphatic rings. The highest BCUT2D eigenvalue weighted by molar-refractivity contribution is 5.35. The molecule has 2 rings (SSSR count). The molecule has 1 aromatic carbocycles. The van der Waals surface area contributed by atoms with Gasteiger partial charge in [-0.1, -0.05) is 32.0 Å². The van der Waals surface area contributed by atoms with Gasteiger partial charge in [-0.3, -0.25) is 0 Å². The van der Waals surface area contributed by atoms with Crippen LogP contribution in [0.3, 0.4) is 0 Å². The highest BCUT2D eigenvalue weighted by atomic mass is 16.5. The molecule has 0 heterocycles. The van der Waals surface area contributed by atoms with Gasteiger partial charge < -0.3 is 10.1 Å². The SMILES string of the molecule is CC(C)Oc1ccccc1C(C)NC1CCC(C)(C)C1. The molecule has 112 valence electrons. The largest absolute Gasteiger partial charge is 0.491 e. The summed E-state index contributed by atoms with van der Waals surface area (Å²) in [6.07, 6.45) is 4.09. The van der Waals surface area contributed by atoms with Crippen LogP contribution in [-0.2, 0) is 0 Å². The molecule has 1 N–H and O–H groups in total. The van der Waals surface area contributed by atoms with Crippen LogP contribution in [0.25, 0.3) is 0 Å². The molecular weight excluding hydrogens is 246 g/mol. The molecule has 1 fully saturated rings. The van der Waals surface area contributed by atoms with Crippen LogP contribution in [0, 0.1) is 5.41 Å². The maximum absolute atomic E-state index is 5.93. The second kappa shape index (κ2) is 6.17. The summed E-state index contributed by atoms with van der Waals surface area (Å²) in [6.45, 7) is 11.1. The molecule has 1 saturated carbocycles. The number of rotatable bonds is 5. The van der Waals surface area contributed by atoms with Crippen LogP contribution in [0.5, 0.6) is 5.75 Å². The lowest BCUT2D eigenvalue weighted by atomic mass is 9.91. The van der Waals surface area contributed by atoms with E-state index in [4.69, 9.17) is 4.74 Å². The zero-order valence-corrected chi connectivity index (χ0v) is 13.6. The van der Waals surface area contributed by atoms with Crippen LogP contribution < -0.4 is 10.1 Å². The minimum Gasteiger partial charge on any atom is -0.491 e. The summed E-state index contributed by atoms with van der Waals surface area (Å²) < 4.78 is 5.93. The molecule has 0 aliphatic heterocycles. The Bertz CT molecular complexity index is 439. The number of benzene rings is 1. The van der Waals surface area contributed by atoms with Gasteiger partial charge in [0, 0.05) is 17.6 Å². The molecule has 0 amide bonds. The summed E-state index contributed by atoms with van der Waals surface area (Å²) in [6, 6.07) is 9.36. The van der Waals surface area contributed by atoms with Crippen LogP contribution in [0.15, 0.2) is 24.3 Å². The van der Waals surface area contributed by atoms with Crippen molar-refractivity contribution < 1.29 is 4.74 Å². The first-order valence-electron chi connectivity index (χ1n) is 7.89. The summed E-state index contributed by atoms with van der Waals surface area (Å²) in [7, 11) is 0. The van der Waals surface area contributed by atoms with E-state index in [1.54, 1.807) is 0 Å². The van der Waals surface area contributed by atoms with Crippen molar-refractivity contribution in [2.45, 2.75) is 72.1 Å². The lowest BCUT2D eigenvalue weighted by Crippen LogP contribution is -2.30. The van der Waals surface area contributed by atoms with Crippen molar-refractivity contribution in [3.63, 3.8) is 0 Å². The van der Waals surface area contributed by atoms with E-state index >= 15 is 0 Å². The van der Waals surface area contributed by atoms with Crippen molar-refractivity contribution >= 4 is 0 Å². The van der Waals surface area contributed by atoms with Crippen molar-refractivity contribution in [1.29, 1.82) is 0 Å². The van der Waals surface area contributed by atoms with Crippen LogP contribution in [-0.4, -0.2) is 12.1 Å². The quantitative estimate of drug-likeness (QED) is 0.840. The Kier molecular flexibility index (Phi) is 4.74. The normalized spacial score (nSPS) is 23.0. The fourth-order valence-corrected chi connectivity index (χ4v) is 3.22. The maximum atomic E-state index is 5.93. The van der Waals surface area contributed by atoms with Crippen LogP contribution in [0.1, 0.15) is 65.5 Å². The summed E-state index contributed by atoms with van der Waals surface area (Å²) in [5.74, 6) is 1.01. The summed E-state index contributed by atoms with van der Waals surface area (Å²) in [5.41, 5.74) is 1.76. The van der Waals surface area contributed by atoms with Gasteiger partial charge in [0.05, 0.1) is 6.10 Å². The zero-order valence-electron chi connectivity index (χ0n) is 13.6. The summed E-state index contributed by atoms with van der Waals surface area (Å²) >= 11 is 0. The molecular formula is C18H29NO. The van der Waals surface area contributed by atoms with Gasteiger partial charge in [0.15, 0.2) is 0 Å². The molecule has 20 heavy (non-hydrogen) atoms. The van der Waals surface area contributed by atoms with Crippen molar-refractivity contribution in [2.75, 3.05) is 0 Å². The van der Waals surface area contributed by atoms with E-state index in [9.17, 15) is 0 Å². The predicted molar refractivity (Wildman–Crippen MR) is 85.2 cm³/mol. The Morgan fingerprint density at radius 2 is 1.90 bits per heavy atom. The Labute approximate surface area is 123 Å². The minimum atomic E-state index is 0.216. The average Bonchev–Trinajstić information content (AvgIpc) is 2.68. The van der Waals surface area contributed by atoms with Gasteiger partial charge in [-0.2, -0.15) is 0 Å². The van der Waals surface area contributed by atoms with E-state index in [1.807, 2.05) is 6.07 Å². The first-order chi connectivity index (χ1) is 9.37. The van der Waals surface area contributed by atoms with Gasteiger partial charge in [0.2, 0.25) is 0 Å². The molecule has 0 saturated heterocycles. The molecule has 2 atom stereocenters. The molecule has 2 unspecified atom stereocenters. The summed E-state index contributed by atoms with van der Waals surface area (Å²) in [4.78, 5) is 0. The third-order valence-electron chi connectivity index (χ3n) is 4.20. The molecule has 0 radical (unpaired) electrons. The van der Waals surface area contributed by atoms with Gasteiger partial charge >= 0.3 is 0 Å². The molecule has 0 aromatic heterocycles. The van der Waals surface area contributed by atoms with Crippen molar-refractivity contribution in [2.24, 2.45) is 5.41 Å². The van der Waals surface area contributed by atoms with Crippen molar-refractivity contribution in [3.05, 3.63) is 29.8 Å². The molecule has 2 nitrogen and oxygen atoms in total. The van der Waals surface area contributed by atoms with Crippen molar-refractivity contribution in [3.8, 4) is 5.75 Å². The van der Waals surface area contributed by atoms with Gasteiger partial charge in [-0.15, -0.1) is 0 Å². The maximum Gasteiger partial charge on any atom is 0.124 e. The van der Waals surface area contributed by atoms with Crippen LogP contribution >= 0.6 is 0 Å². The molecule has 2 heteroatoms. The van der Waals surface area contributed by atoms with E-state index in [0.29, 0.717) is 17.5 Å². The predicted octanol–water partition coefficient (Wildman–Crippen LogP) is 4.70. The van der Waals surface area contributed by atoms with Crippen LogP contribution in [0.4, 0.5) is 0 Å². The molecule has 1 aliphatic carbocycles. The van der Waals surface area contributed by atoms with Gasteiger partial charge in [0.1, 0.15) is 5.75 Å². The highest BCUT2D eigenvalue weighted by Gasteiger charge is 2.31. The second-order valence-electron chi connectivity index (χ2n) is 7.20. The smallest absolute Gasteiger partial charge is 0.124 e. The number of hydrogen-bond donors (Lipinski definition) is 1. The third kappa shape index (κ3) is 3.99. The average molecular weight is 275 g/mol. The number of ether oxygens (including phenoxy) is 1. The standard InChI is InChI=1S/C18H29NO/c1-13(2)20-17-9-7-6-8-16(17)14(3)19-15-10-11-18(4,5)12-15/h6-9,13-15,19H,10-12H2,1-5H3. The second-order valence-corrected chi connectivity index (χ2v) is 7.20. The van der Waals surface area contributed by atoms with E-state index in [0.717, 1.165) is 5.75 Å². The Hall–Kier alpha value is -1.02. The zero-order chi connectivity index (χ0) is 14.8. The number of nitrogens with one attached hydrogen (secondary N) is 1. The number of para-hydroxylation sites is 1. The molecule has 1 aromatic rings. The van der Waals surface area contributed by atoms with Gasteiger partial charge in [-0.05, 0) is 51.5 Å². The lowest BCUT2D eigenvalue weighted by Gasteiger charge is -2.24. The Morgan fingerprint density at radius 3 is 2.50 bits per heavy atom. The monoisotopic (exact) mass is 275 g/mol.